The molecule has 2 aromatic heterocycles. The van der Waals surface area contributed by atoms with Crippen molar-refractivity contribution in [3.05, 3.63) is 47.4 Å². The minimum Gasteiger partial charge on any atom is -0.504 e. The molecule has 1 aliphatic rings. The van der Waals surface area contributed by atoms with Gasteiger partial charge in [-0.2, -0.15) is 0 Å². The number of ether oxygens (including phenoxy) is 1. The molecule has 1 amide bonds. The summed E-state index contributed by atoms with van der Waals surface area (Å²) < 4.78 is 7.52. The largest absolute Gasteiger partial charge is 0.504 e. The fourth-order valence-corrected chi connectivity index (χ4v) is 4.02. The summed E-state index contributed by atoms with van der Waals surface area (Å²) in [5.74, 6) is 0.630. The minimum absolute atomic E-state index is 0.0389. The van der Waals surface area contributed by atoms with E-state index < -0.39 is 0 Å². The average molecular weight is 384 g/mol. The number of amides is 1. The zero-order valence-electron chi connectivity index (χ0n) is 15.0. The number of aromatic hydroxyl groups is 1. The summed E-state index contributed by atoms with van der Waals surface area (Å²) in [5.41, 5.74) is 1.76. The van der Waals surface area contributed by atoms with Gasteiger partial charge in [-0.05, 0) is 36.8 Å². The van der Waals surface area contributed by atoms with E-state index >= 15 is 0 Å². The van der Waals surface area contributed by atoms with Gasteiger partial charge in [-0.15, -0.1) is 21.5 Å². The number of phenolic OH excluding ortho intramolecular Hbond substituents is 1. The Labute approximate surface area is 160 Å². The van der Waals surface area contributed by atoms with Gasteiger partial charge in [0.2, 0.25) is 5.91 Å². The van der Waals surface area contributed by atoms with Gasteiger partial charge in [-0.1, -0.05) is 0 Å². The van der Waals surface area contributed by atoms with E-state index in [0.29, 0.717) is 38.4 Å². The van der Waals surface area contributed by atoms with Crippen molar-refractivity contribution in [1.29, 1.82) is 0 Å². The molecule has 0 aliphatic carbocycles. The quantitative estimate of drug-likeness (QED) is 0.748. The molecule has 1 N–H and O–H groups in total. The van der Waals surface area contributed by atoms with Crippen LogP contribution in [0.4, 0.5) is 0 Å². The Hall–Kier alpha value is -2.87. The van der Waals surface area contributed by atoms with Crippen LogP contribution in [0.5, 0.6) is 11.5 Å². The van der Waals surface area contributed by atoms with Gasteiger partial charge in [-0.25, -0.2) is 0 Å². The highest BCUT2D eigenvalue weighted by Gasteiger charge is 2.23. The zero-order chi connectivity index (χ0) is 18.8. The Morgan fingerprint density at radius 1 is 1.30 bits per heavy atom. The molecule has 1 aromatic carbocycles. The summed E-state index contributed by atoms with van der Waals surface area (Å²) >= 11 is 1.67. The molecule has 27 heavy (non-hydrogen) atoms. The molecule has 1 aliphatic heterocycles. The maximum atomic E-state index is 12.7. The summed E-state index contributed by atoms with van der Waals surface area (Å²) in [4.78, 5) is 16.7. The van der Waals surface area contributed by atoms with Gasteiger partial charge in [0.25, 0.3) is 0 Å². The number of carbonyl (C=O) groups is 1. The zero-order valence-corrected chi connectivity index (χ0v) is 15.8. The van der Waals surface area contributed by atoms with Crippen LogP contribution in [0.15, 0.2) is 36.9 Å². The first kappa shape index (κ1) is 17.5. The molecule has 4 rings (SSSR count). The second-order valence-electron chi connectivity index (χ2n) is 6.51. The predicted molar refractivity (Wildman–Crippen MR) is 102 cm³/mol. The molecule has 0 bridgehead atoms. The van der Waals surface area contributed by atoms with Crippen LogP contribution in [0.1, 0.15) is 16.9 Å². The number of thiophene rings is 1. The Bertz CT molecular complexity index is 952. The molecule has 0 radical (unpaired) electrons. The third-order valence-corrected chi connectivity index (χ3v) is 5.59. The Morgan fingerprint density at radius 2 is 2.11 bits per heavy atom. The topological polar surface area (TPSA) is 80.5 Å². The van der Waals surface area contributed by atoms with Gasteiger partial charge >= 0.3 is 0 Å². The number of fused-ring (bicyclic) bond motifs is 1. The van der Waals surface area contributed by atoms with Crippen LogP contribution in [0.25, 0.3) is 10.4 Å². The Balaban J connectivity index is 1.55. The number of benzene rings is 1. The number of nitrogens with zero attached hydrogens (tertiary/aromatic N) is 4. The van der Waals surface area contributed by atoms with Crippen molar-refractivity contribution in [3.63, 3.8) is 0 Å². The third-order valence-electron chi connectivity index (χ3n) is 4.54. The standard InChI is InChI=1S/C19H20N4O3S/c1-13-2-3-17(27-13)14-8-15-10-23(6-7-26-19(15)16(24)9-14)18(25)4-5-22-11-20-21-12-22/h2-3,8-9,11-12,24H,4-7,10H2,1H3. The molecule has 0 saturated carbocycles. The molecule has 140 valence electrons. The van der Waals surface area contributed by atoms with Crippen molar-refractivity contribution in [2.24, 2.45) is 0 Å². The predicted octanol–water partition coefficient (Wildman–Crippen LogP) is 2.83. The van der Waals surface area contributed by atoms with Crippen molar-refractivity contribution in [3.8, 4) is 21.9 Å². The first-order chi connectivity index (χ1) is 13.1. The monoisotopic (exact) mass is 384 g/mol. The second-order valence-corrected chi connectivity index (χ2v) is 7.80. The highest BCUT2D eigenvalue weighted by molar-refractivity contribution is 7.15. The van der Waals surface area contributed by atoms with Crippen molar-refractivity contribution < 1.29 is 14.6 Å². The lowest BCUT2D eigenvalue weighted by atomic mass is 10.1. The average Bonchev–Trinajstić information content (AvgIpc) is 3.27. The number of carbonyl (C=O) groups excluding carboxylic acids is 1. The lowest BCUT2D eigenvalue weighted by Crippen LogP contribution is -2.32. The Kier molecular flexibility index (Phi) is 4.81. The molecule has 0 atom stereocenters. The van der Waals surface area contributed by atoms with Crippen LogP contribution in [0.3, 0.4) is 0 Å². The molecule has 0 unspecified atom stereocenters. The van der Waals surface area contributed by atoms with Gasteiger partial charge < -0.3 is 19.3 Å². The number of hydrogen-bond acceptors (Lipinski definition) is 6. The highest BCUT2D eigenvalue weighted by Crippen LogP contribution is 2.39. The normalized spacial score (nSPS) is 13.7. The van der Waals surface area contributed by atoms with Crippen molar-refractivity contribution >= 4 is 17.2 Å². The van der Waals surface area contributed by atoms with Crippen molar-refractivity contribution in [2.75, 3.05) is 13.2 Å². The fourth-order valence-electron chi connectivity index (χ4n) is 3.16. The number of rotatable bonds is 4. The van der Waals surface area contributed by atoms with Crippen LogP contribution < -0.4 is 4.74 Å². The number of aryl methyl sites for hydroxylation is 2. The number of aromatic nitrogens is 3. The molecule has 0 fully saturated rings. The van der Waals surface area contributed by atoms with Crippen LogP contribution >= 0.6 is 11.3 Å². The van der Waals surface area contributed by atoms with Crippen LogP contribution in [0.2, 0.25) is 0 Å². The molecule has 3 heterocycles. The summed E-state index contributed by atoms with van der Waals surface area (Å²) in [7, 11) is 0. The van der Waals surface area contributed by atoms with Gasteiger partial charge in [-0.3, -0.25) is 4.79 Å². The molecule has 0 saturated heterocycles. The second kappa shape index (κ2) is 7.40. The van der Waals surface area contributed by atoms with Crippen LogP contribution in [-0.2, 0) is 17.9 Å². The molecule has 3 aromatic rings. The third kappa shape index (κ3) is 3.80. The van der Waals surface area contributed by atoms with Crippen molar-refractivity contribution in [2.45, 2.75) is 26.4 Å². The van der Waals surface area contributed by atoms with E-state index in [-0.39, 0.29) is 11.7 Å². The minimum atomic E-state index is 0.0389. The molecule has 0 spiro atoms. The SMILES string of the molecule is Cc1ccc(-c2cc(O)c3c(c2)CN(C(=O)CCn2cnnc2)CCO3)s1. The lowest BCUT2D eigenvalue weighted by molar-refractivity contribution is -0.132. The van der Waals surface area contributed by atoms with Crippen molar-refractivity contribution in [1.82, 2.24) is 19.7 Å². The molecular formula is C19H20N4O3S. The first-order valence-electron chi connectivity index (χ1n) is 8.76. The van der Waals surface area contributed by atoms with E-state index in [1.165, 1.54) is 4.88 Å². The Morgan fingerprint density at radius 3 is 2.85 bits per heavy atom. The maximum Gasteiger partial charge on any atom is 0.224 e. The first-order valence-corrected chi connectivity index (χ1v) is 9.57. The lowest BCUT2D eigenvalue weighted by Gasteiger charge is -2.20. The fraction of sp³-hybridized carbons (Fsp3) is 0.316. The molecule has 8 heteroatoms. The van der Waals surface area contributed by atoms with E-state index in [1.807, 2.05) is 12.1 Å². The number of phenols is 1. The van der Waals surface area contributed by atoms with E-state index in [4.69, 9.17) is 4.74 Å². The molecular weight excluding hydrogens is 364 g/mol. The van der Waals surface area contributed by atoms with Gasteiger partial charge in [0.05, 0.1) is 6.54 Å². The van der Waals surface area contributed by atoms with E-state index in [9.17, 15) is 9.90 Å². The van der Waals surface area contributed by atoms with Gasteiger partial charge in [0, 0.05) is 34.8 Å². The summed E-state index contributed by atoms with van der Waals surface area (Å²) in [5, 5.41) is 17.9. The van der Waals surface area contributed by atoms with E-state index in [0.717, 1.165) is 16.0 Å². The number of hydrogen-bond donors (Lipinski definition) is 1. The van der Waals surface area contributed by atoms with Gasteiger partial charge in [0.15, 0.2) is 11.5 Å². The summed E-state index contributed by atoms with van der Waals surface area (Å²) in [6, 6.07) is 7.83. The highest BCUT2D eigenvalue weighted by atomic mass is 32.1. The summed E-state index contributed by atoms with van der Waals surface area (Å²) in [6.07, 6.45) is 3.56. The van der Waals surface area contributed by atoms with E-state index in [1.54, 1.807) is 39.5 Å². The smallest absolute Gasteiger partial charge is 0.224 e. The van der Waals surface area contributed by atoms with Crippen LogP contribution in [-0.4, -0.2) is 43.8 Å². The molecule has 7 nitrogen and oxygen atoms in total. The summed E-state index contributed by atoms with van der Waals surface area (Å²) in [6.45, 7) is 3.85. The maximum absolute atomic E-state index is 12.7. The van der Waals surface area contributed by atoms with E-state index in [2.05, 4.69) is 23.2 Å². The van der Waals surface area contributed by atoms with Crippen LogP contribution in [0, 0.1) is 6.92 Å². The van der Waals surface area contributed by atoms with Gasteiger partial charge in [0.1, 0.15) is 19.3 Å².